The second-order valence-corrected chi connectivity index (χ2v) is 9.85. The van der Waals surface area contributed by atoms with Crippen molar-refractivity contribution >= 4 is 44.9 Å². The summed E-state index contributed by atoms with van der Waals surface area (Å²) < 4.78 is 5.84. The predicted molar refractivity (Wildman–Crippen MR) is 138 cm³/mol. The van der Waals surface area contributed by atoms with Gasteiger partial charge in [0.05, 0.1) is 5.69 Å². The van der Waals surface area contributed by atoms with Crippen LogP contribution < -0.4 is 9.64 Å². The van der Waals surface area contributed by atoms with Crippen molar-refractivity contribution in [1.82, 2.24) is 9.88 Å². The van der Waals surface area contributed by atoms with Crippen molar-refractivity contribution in [2.75, 3.05) is 38.7 Å². The normalized spacial score (nSPS) is 16.4. The van der Waals surface area contributed by atoms with Crippen molar-refractivity contribution in [3.63, 3.8) is 0 Å². The fourth-order valence-corrected chi connectivity index (χ4v) is 4.94. The molecular weight excluding hydrogens is 450 g/mol. The van der Waals surface area contributed by atoms with Gasteiger partial charge in [0.1, 0.15) is 23.8 Å². The Bertz CT molecular complexity index is 1380. The van der Waals surface area contributed by atoms with Crippen molar-refractivity contribution < 1.29 is 14.6 Å². The number of hydrogen-bond donors (Lipinski definition) is 2. The van der Waals surface area contributed by atoms with Crippen molar-refractivity contribution in [3.8, 4) is 11.5 Å². The van der Waals surface area contributed by atoms with E-state index in [9.17, 15) is 9.90 Å². The second kappa shape index (κ2) is 8.85. The minimum absolute atomic E-state index is 0.0350. The molecule has 3 aromatic carbocycles. The number of aromatic nitrogens is 1. The number of rotatable bonds is 6. The van der Waals surface area contributed by atoms with Gasteiger partial charge in [0, 0.05) is 46.7 Å². The molecule has 6 nitrogen and oxygen atoms in total. The number of anilines is 1. The van der Waals surface area contributed by atoms with Gasteiger partial charge < -0.3 is 24.6 Å². The number of halogens is 1. The summed E-state index contributed by atoms with van der Waals surface area (Å²) in [5, 5.41) is 13.1. The topological polar surface area (TPSA) is 68.8 Å². The summed E-state index contributed by atoms with van der Waals surface area (Å²) in [6, 6.07) is 17.0. The third-order valence-electron chi connectivity index (χ3n) is 6.51. The molecule has 1 aromatic heterocycles. The number of hydrogen-bond acceptors (Lipinski definition) is 4. The highest BCUT2D eigenvalue weighted by Crippen LogP contribution is 2.47. The number of nitrogens with zero attached hydrogens (tertiary/aromatic N) is 2. The number of ether oxygens (including phenoxy) is 1. The van der Waals surface area contributed by atoms with Crippen LogP contribution in [0.1, 0.15) is 28.9 Å². The monoisotopic (exact) mass is 477 g/mol. The van der Waals surface area contributed by atoms with E-state index in [4.69, 9.17) is 16.3 Å². The third kappa shape index (κ3) is 3.97. The number of aromatic hydroxyl groups is 1. The zero-order chi connectivity index (χ0) is 24.0. The van der Waals surface area contributed by atoms with E-state index in [0.29, 0.717) is 24.5 Å². The number of amides is 1. The molecule has 0 saturated carbocycles. The Morgan fingerprint density at radius 3 is 2.71 bits per heavy atom. The smallest absolute Gasteiger partial charge is 0.274 e. The molecule has 0 bridgehead atoms. The molecule has 0 saturated heterocycles. The average Bonchev–Trinajstić information content (AvgIpc) is 3.40. The maximum Gasteiger partial charge on any atom is 0.274 e. The van der Waals surface area contributed by atoms with Crippen LogP contribution in [0.4, 0.5) is 5.69 Å². The molecule has 7 heteroatoms. The van der Waals surface area contributed by atoms with Gasteiger partial charge in [0.2, 0.25) is 0 Å². The van der Waals surface area contributed by atoms with Crippen LogP contribution in [0.5, 0.6) is 11.5 Å². The molecule has 0 fully saturated rings. The van der Waals surface area contributed by atoms with Crippen molar-refractivity contribution in [2.24, 2.45) is 0 Å². The first kappa shape index (κ1) is 22.6. The first-order chi connectivity index (χ1) is 16.3. The van der Waals surface area contributed by atoms with Crippen LogP contribution in [0.2, 0.25) is 0 Å². The quantitative estimate of drug-likeness (QED) is 0.368. The van der Waals surface area contributed by atoms with Crippen LogP contribution in [0, 0.1) is 0 Å². The minimum Gasteiger partial charge on any atom is -0.507 e. The van der Waals surface area contributed by atoms with E-state index in [1.54, 1.807) is 11.0 Å². The Morgan fingerprint density at radius 2 is 1.97 bits per heavy atom. The maximum atomic E-state index is 13.7. The highest BCUT2D eigenvalue weighted by molar-refractivity contribution is 6.22. The van der Waals surface area contributed by atoms with Gasteiger partial charge in [-0.25, -0.2) is 0 Å². The Labute approximate surface area is 203 Å². The molecule has 2 heterocycles. The van der Waals surface area contributed by atoms with Gasteiger partial charge in [-0.15, -0.1) is 11.6 Å². The van der Waals surface area contributed by atoms with Crippen LogP contribution in [-0.2, 0) is 0 Å². The largest absolute Gasteiger partial charge is 0.507 e. The summed E-state index contributed by atoms with van der Waals surface area (Å²) in [6.07, 6.45) is 0. The summed E-state index contributed by atoms with van der Waals surface area (Å²) in [5.74, 6) is 0.742. The number of phenols is 1. The molecule has 4 aromatic rings. The number of benzene rings is 3. The second-order valence-electron chi connectivity index (χ2n) is 9.16. The highest BCUT2D eigenvalue weighted by atomic mass is 35.5. The fourth-order valence-electron chi connectivity index (χ4n) is 4.74. The van der Waals surface area contributed by atoms with E-state index in [1.807, 2.05) is 69.6 Å². The first-order valence-electron chi connectivity index (χ1n) is 11.4. The molecule has 176 valence electrons. The van der Waals surface area contributed by atoms with Crippen molar-refractivity contribution in [3.05, 3.63) is 65.9 Å². The van der Waals surface area contributed by atoms with Gasteiger partial charge in [-0.05, 0) is 56.2 Å². The molecule has 2 atom stereocenters. The van der Waals surface area contributed by atoms with Gasteiger partial charge in [0.15, 0.2) is 0 Å². The van der Waals surface area contributed by atoms with E-state index >= 15 is 0 Å². The fraction of sp³-hybridized carbons (Fsp3) is 0.296. The number of carbonyl (C=O) groups is 1. The lowest BCUT2D eigenvalue weighted by Crippen LogP contribution is -2.31. The number of alkyl halides is 1. The highest BCUT2D eigenvalue weighted by Gasteiger charge is 2.37. The number of H-pyrrole nitrogens is 1. The molecule has 5 rings (SSSR count). The summed E-state index contributed by atoms with van der Waals surface area (Å²) >= 11 is 6.59. The van der Waals surface area contributed by atoms with Gasteiger partial charge in [0.25, 0.3) is 5.91 Å². The van der Waals surface area contributed by atoms with Crippen molar-refractivity contribution in [1.29, 1.82) is 0 Å². The van der Waals surface area contributed by atoms with Crippen LogP contribution in [0.3, 0.4) is 0 Å². The van der Waals surface area contributed by atoms with E-state index in [-0.39, 0.29) is 23.0 Å². The van der Waals surface area contributed by atoms with E-state index < -0.39 is 0 Å². The third-order valence-corrected chi connectivity index (χ3v) is 6.82. The number of carbonyl (C=O) groups excluding carboxylic acids is 1. The average molecular weight is 478 g/mol. The molecule has 0 aliphatic carbocycles. The van der Waals surface area contributed by atoms with Crippen LogP contribution in [-0.4, -0.2) is 60.1 Å². The Kier molecular flexibility index (Phi) is 5.88. The van der Waals surface area contributed by atoms with E-state index in [0.717, 1.165) is 39.5 Å². The Hall–Kier alpha value is -3.22. The minimum atomic E-state index is -0.172. The first-order valence-corrected chi connectivity index (χ1v) is 11.9. The van der Waals surface area contributed by atoms with Gasteiger partial charge in [-0.2, -0.15) is 0 Å². The summed E-state index contributed by atoms with van der Waals surface area (Å²) in [4.78, 5) is 20.7. The Morgan fingerprint density at radius 1 is 1.21 bits per heavy atom. The number of aromatic amines is 1. The molecule has 2 N–H and O–H groups in total. The summed E-state index contributed by atoms with van der Waals surface area (Å²) in [6.45, 7) is 3.83. The zero-order valence-electron chi connectivity index (χ0n) is 19.5. The SMILES string of the molecule is C[C@@H](Cl)[C@@H]1CN(C(=O)c2cc3cc(OCCN(C)C)ccc3[nH]2)c2cc(O)c3ccccc3c21. The molecule has 0 radical (unpaired) electrons. The lowest BCUT2D eigenvalue weighted by atomic mass is 9.92. The van der Waals surface area contributed by atoms with Gasteiger partial charge in [-0.1, -0.05) is 24.3 Å². The molecule has 0 unspecified atom stereocenters. The van der Waals surface area contributed by atoms with Crippen LogP contribution >= 0.6 is 11.6 Å². The lowest BCUT2D eigenvalue weighted by molar-refractivity contribution is 0.0984. The van der Waals surface area contributed by atoms with Gasteiger partial charge >= 0.3 is 0 Å². The maximum absolute atomic E-state index is 13.7. The standard InChI is InChI=1S/C27H28ClN3O3/c1-16(28)21-15-31(24-14-25(32)19-6-4-5-7-20(19)26(21)24)27(33)23-13-17-12-18(8-9-22(17)29-23)34-11-10-30(2)3/h4-9,12-14,16,21,29,32H,10-11,15H2,1-3H3/t16-,21+/m1/s1. The zero-order valence-corrected chi connectivity index (χ0v) is 20.3. The summed E-state index contributed by atoms with van der Waals surface area (Å²) in [5.41, 5.74) is 3.08. The number of fused-ring (bicyclic) bond motifs is 4. The van der Waals surface area contributed by atoms with Crippen LogP contribution in [0.15, 0.2) is 54.6 Å². The van der Waals surface area contributed by atoms with Crippen molar-refractivity contribution in [2.45, 2.75) is 18.2 Å². The molecule has 0 spiro atoms. The number of phenolic OH excluding ortho intramolecular Hbond substituents is 1. The summed E-state index contributed by atoms with van der Waals surface area (Å²) in [7, 11) is 4.01. The van der Waals surface area contributed by atoms with E-state index in [2.05, 4.69) is 9.88 Å². The molecule has 34 heavy (non-hydrogen) atoms. The number of nitrogens with one attached hydrogen (secondary N) is 1. The predicted octanol–water partition coefficient (Wildman–Crippen LogP) is 5.34. The molecule has 1 amide bonds. The lowest BCUT2D eigenvalue weighted by Gasteiger charge is -2.18. The molecular formula is C27H28ClN3O3. The molecule has 1 aliphatic rings. The molecule has 1 aliphatic heterocycles. The van der Waals surface area contributed by atoms with E-state index in [1.165, 1.54) is 0 Å². The van der Waals surface area contributed by atoms with Crippen LogP contribution in [0.25, 0.3) is 21.7 Å². The number of likely N-dealkylation sites (N-methyl/N-ethyl adjacent to an activating group) is 1. The Balaban J connectivity index is 1.49. The van der Waals surface area contributed by atoms with Gasteiger partial charge in [-0.3, -0.25) is 4.79 Å².